The lowest BCUT2D eigenvalue weighted by atomic mass is 10.2. The summed E-state index contributed by atoms with van der Waals surface area (Å²) in [6, 6.07) is 10.7. The number of hydrogen-bond acceptors (Lipinski definition) is 4. The molecule has 3 aromatic rings. The molecule has 90 valence electrons. The maximum atomic E-state index is 5.82. The SMILES string of the molecule is Clc1ccc(-c2nc(-c3ccc(Br)o3)no2)cc1. The van der Waals surface area contributed by atoms with E-state index in [1.807, 2.05) is 12.1 Å². The summed E-state index contributed by atoms with van der Waals surface area (Å²) in [5.41, 5.74) is 0.809. The van der Waals surface area contributed by atoms with Gasteiger partial charge in [0.1, 0.15) is 0 Å². The summed E-state index contributed by atoms with van der Waals surface area (Å²) in [6.07, 6.45) is 0. The van der Waals surface area contributed by atoms with E-state index in [1.54, 1.807) is 24.3 Å². The average molecular weight is 326 g/mol. The largest absolute Gasteiger partial charge is 0.446 e. The Hall–Kier alpha value is -1.59. The molecule has 0 atom stereocenters. The molecule has 0 unspecified atom stereocenters. The van der Waals surface area contributed by atoms with Crippen molar-refractivity contribution in [3.63, 3.8) is 0 Å². The molecule has 1 aromatic carbocycles. The lowest BCUT2D eigenvalue weighted by Gasteiger charge is -1.92. The Bertz CT molecular complexity index is 675. The second-order valence-electron chi connectivity index (χ2n) is 3.53. The highest BCUT2D eigenvalue weighted by Gasteiger charge is 2.13. The van der Waals surface area contributed by atoms with E-state index < -0.39 is 0 Å². The van der Waals surface area contributed by atoms with Gasteiger partial charge in [0.25, 0.3) is 5.89 Å². The van der Waals surface area contributed by atoms with E-state index in [9.17, 15) is 0 Å². The lowest BCUT2D eigenvalue weighted by molar-refractivity contribution is 0.429. The van der Waals surface area contributed by atoms with Crippen LogP contribution < -0.4 is 0 Å². The molecule has 0 aliphatic heterocycles. The summed E-state index contributed by atoms with van der Waals surface area (Å²) >= 11 is 9.04. The second kappa shape index (κ2) is 4.59. The maximum absolute atomic E-state index is 5.82. The summed E-state index contributed by atoms with van der Waals surface area (Å²) < 4.78 is 11.1. The molecule has 0 saturated heterocycles. The fraction of sp³-hybridized carbons (Fsp3) is 0. The Labute approximate surface area is 116 Å². The number of furan rings is 1. The first-order valence-electron chi connectivity index (χ1n) is 5.08. The number of rotatable bonds is 2. The number of benzene rings is 1. The Morgan fingerprint density at radius 1 is 1.06 bits per heavy atom. The minimum absolute atomic E-state index is 0.408. The van der Waals surface area contributed by atoms with Crippen molar-refractivity contribution in [2.45, 2.75) is 0 Å². The van der Waals surface area contributed by atoms with Crippen LogP contribution in [0.3, 0.4) is 0 Å². The van der Waals surface area contributed by atoms with Crippen molar-refractivity contribution in [3.8, 4) is 23.0 Å². The minimum Gasteiger partial charge on any atom is -0.446 e. The molecular weight excluding hydrogens is 320 g/mol. The van der Waals surface area contributed by atoms with Crippen molar-refractivity contribution in [2.24, 2.45) is 0 Å². The van der Waals surface area contributed by atoms with E-state index in [2.05, 4.69) is 26.1 Å². The van der Waals surface area contributed by atoms with Gasteiger partial charge in [-0.05, 0) is 52.3 Å². The van der Waals surface area contributed by atoms with Crippen LogP contribution in [-0.2, 0) is 0 Å². The molecule has 0 radical (unpaired) electrons. The minimum atomic E-state index is 0.408. The van der Waals surface area contributed by atoms with Crippen LogP contribution in [0.5, 0.6) is 0 Å². The van der Waals surface area contributed by atoms with Crippen LogP contribution >= 0.6 is 27.5 Å². The molecule has 4 nitrogen and oxygen atoms in total. The topological polar surface area (TPSA) is 52.1 Å². The zero-order chi connectivity index (χ0) is 12.5. The predicted molar refractivity (Wildman–Crippen MR) is 70.1 cm³/mol. The highest BCUT2D eigenvalue weighted by Crippen LogP contribution is 2.26. The van der Waals surface area contributed by atoms with Crippen LogP contribution in [0.25, 0.3) is 23.0 Å². The first-order valence-corrected chi connectivity index (χ1v) is 6.25. The van der Waals surface area contributed by atoms with Crippen LogP contribution in [0.4, 0.5) is 0 Å². The van der Waals surface area contributed by atoms with Gasteiger partial charge in [-0.25, -0.2) is 0 Å². The van der Waals surface area contributed by atoms with Crippen LogP contribution in [0.1, 0.15) is 0 Å². The molecule has 0 amide bonds. The zero-order valence-corrected chi connectivity index (χ0v) is 11.3. The molecule has 0 aliphatic rings. The molecule has 18 heavy (non-hydrogen) atoms. The molecule has 0 fully saturated rings. The summed E-state index contributed by atoms with van der Waals surface area (Å²) in [4.78, 5) is 4.26. The van der Waals surface area contributed by atoms with E-state index in [-0.39, 0.29) is 0 Å². The van der Waals surface area contributed by atoms with Gasteiger partial charge < -0.3 is 8.94 Å². The first kappa shape index (κ1) is 11.5. The second-order valence-corrected chi connectivity index (χ2v) is 4.75. The fourth-order valence-corrected chi connectivity index (χ4v) is 1.90. The van der Waals surface area contributed by atoms with Gasteiger partial charge in [-0.15, -0.1) is 0 Å². The third-order valence-corrected chi connectivity index (χ3v) is 2.99. The average Bonchev–Trinajstić information content (AvgIpc) is 2.98. The van der Waals surface area contributed by atoms with Gasteiger partial charge in [-0.2, -0.15) is 4.98 Å². The third kappa shape index (κ3) is 2.19. The van der Waals surface area contributed by atoms with Gasteiger partial charge in [0.15, 0.2) is 10.4 Å². The molecule has 0 aliphatic carbocycles. The number of nitrogens with zero attached hydrogens (tertiary/aromatic N) is 2. The normalized spacial score (nSPS) is 10.8. The monoisotopic (exact) mass is 324 g/mol. The predicted octanol–water partition coefficient (Wildman–Crippen LogP) is 4.41. The van der Waals surface area contributed by atoms with Crippen molar-refractivity contribution in [3.05, 3.63) is 46.1 Å². The Balaban J connectivity index is 1.96. The fourth-order valence-electron chi connectivity index (χ4n) is 1.47. The standard InChI is InChI=1S/C12H6BrClN2O2/c13-10-6-5-9(17-10)11-15-12(18-16-11)7-1-3-8(14)4-2-7/h1-6H. The van der Waals surface area contributed by atoms with Gasteiger partial charge in [0.05, 0.1) is 0 Å². The van der Waals surface area contributed by atoms with Gasteiger partial charge in [0, 0.05) is 10.6 Å². The molecule has 2 heterocycles. The van der Waals surface area contributed by atoms with Crippen LogP contribution in [0, 0.1) is 0 Å². The quantitative estimate of drug-likeness (QED) is 0.700. The summed E-state index contributed by atoms with van der Waals surface area (Å²) in [5.74, 6) is 1.38. The Kier molecular flexibility index (Phi) is 2.93. The molecule has 0 bridgehead atoms. The molecule has 0 saturated carbocycles. The third-order valence-electron chi connectivity index (χ3n) is 2.31. The van der Waals surface area contributed by atoms with Gasteiger partial charge in [-0.3, -0.25) is 0 Å². The van der Waals surface area contributed by atoms with Crippen molar-refractivity contribution >= 4 is 27.5 Å². The van der Waals surface area contributed by atoms with E-state index >= 15 is 0 Å². The van der Waals surface area contributed by atoms with Gasteiger partial charge >= 0.3 is 0 Å². The van der Waals surface area contributed by atoms with Crippen LogP contribution in [-0.4, -0.2) is 10.1 Å². The van der Waals surface area contributed by atoms with Crippen molar-refractivity contribution in [2.75, 3.05) is 0 Å². The molecule has 0 N–H and O–H groups in total. The van der Waals surface area contributed by atoms with E-state index in [0.29, 0.717) is 27.2 Å². The lowest BCUT2D eigenvalue weighted by Crippen LogP contribution is -1.78. The number of aromatic nitrogens is 2. The number of halogens is 2. The first-order chi connectivity index (χ1) is 8.72. The molecule has 0 spiro atoms. The summed E-state index contributed by atoms with van der Waals surface area (Å²) in [6.45, 7) is 0. The van der Waals surface area contributed by atoms with E-state index in [4.69, 9.17) is 20.5 Å². The molecule has 2 aromatic heterocycles. The van der Waals surface area contributed by atoms with E-state index in [0.717, 1.165) is 5.56 Å². The highest BCUT2D eigenvalue weighted by atomic mass is 79.9. The van der Waals surface area contributed by atoms with Crippen LogP contribution in [0.15, 0.2) is 50.0 Å². The Morgan fingerprint density at radius 3 is 2.50 bits per heavy atom. The van der Waals surface area contributed by atoms with Gasteiger partial charge in [-0.1, -0.05) is 16.8 Å². The zero-order valence-electron chi connectivity index (χ0n) is 8.93. The van der Waals surface area contributed by atoms with Crippen molar-refractivity contribution in [1.29, 1.82) is 0 Å². The highest BCUT2D eigenvalue weighted by molar-refractivity contribution is 9.10. The molecule has 6 heteroatoms. The van der Waals surface area contributed by atoms with E-state index in [1.165, 1.54) is 0 Å². The van der Waals surface area contributed by atoms with Crippen molar-refractivity contribution < 1.29 is 8.94 Å². The molecular formula is C12H6BrClN2O2. The van der Waals surface area contributed by atoms with Crippen molar-refractivity contribution in [1.82, 2.24) is 10.1 Å². The Morgan fingerprint density at radius 2 is 1.83 bits per heavy atom. The maximum Gasteiger partial charge on any atom is 0.258 e. The molecule has 3 rings (SSSR count). The summed E-state index contributed by atoms with van der Waals surface area (Å²) in [5, 5.41) is 4.53. The van der Waals surface area contributed by atoms with Crippen LogP contribution in [0.2, 0.25) is 5.02 Å². The summed E-state index contributed by atoms with van der Waals surface area (Å²) in [7, 11) is 0. The number of hydrogen-bond donors (Lipinski definition) is 0. The smallest absolute Gasteiger partial charge is 0.258 e. The van der Waals surface area contributed by atoms with Gasteiger partial charge in [0.2, 0.25) is 5.82 Å².